The number of halogens is 1. The molecule has 1 aromatic heterocycles. The highest BCUT2D eigenvalue weighted by atomic mass is 32.1. The maximum atomic E-state index is 14.2. The molecule has 1 fully saturated rings. The molecule has 5 nitrogen and oxygen atoms in total. The van der Waals surface area contributed by atoms with E-state index in [9.17, 15) is 14.0 Å². The number of rotatable bonds is 8. The summed E-state index contributed by atoms with van der Waals surface area (Å²) in [5.41, 5.74) is 1.53. The van der Waals surface area contributed by atoms with E-state index >= 15 is 0 Å². The number of hydrogen-bond acceptors (Lipinski definition) is 5. The predicted molar refractivity (Wildman–Crippen MR) is 117 cm³/mol. The predicted octanol–water partition coefficient (Wildman–Crippen LogP) is 4.73. The Morgan fingerprint density at radius 2 is 1.87 bits per heavy atom. The molecule has 160 valence electrons. The summed E-state index contributed by atoms with van der Waals surface area (Å²) in [5, 5.41) is 2.07. The first kappa shape index (κ1) is 21.2. The number of nitrogens with zero attached hydrogens (tertiary/aromatic N) is 2. The molecule has 1 atom stereocenters. The van der Waals surface area contributed by atoms with E-state index in [0.717, 1.165) is 18.4 Å². The SMILES string of the molecule is CCOC(=O)C(Cc1ccccc1)N(C(=O)c1csc(-c2ccccc2F)n1)C1CC1. The van der Waals surface area contributed by atoms with E-state index in [1.54, 1.807) is 35.4 Å². The van der Waals surface area contributed by atoms with Gasteiger partial charge in [-0.3, -0.25) is 4.79 Å². The molecule has 0 aliphatic heterocycles. The van der Waals surface area contributed by atoms with Gasteiger partial charge in [-0.25, -0.2) is 14.2 Å². The first-order valence-electron chi connectivity index (χ1n) is 10.3. The number of ether oxygens (including phenoxy) is 1. The van der Waals surface area contributed by atoms with E-state index in [4.69, 9.17) is 4.74 Å². The van der Waals surface area contributed by atoms with Gasteiger partial charge in [0.2, 0.25) is 0 Å². The van der Waals surface area contributed by atoms with Crippen molar-refractivity contribution in [2.75, 3.05) is 6.61 Å². The molecule has 0 bridgehead atoms. The van der Waals surface area contributed by atoms with Crippen molar-refractivity contribution in [3.05, 3.63) is 77.1 Å². The van der Waals surface area contributed by atoms with Gasteiger partial charge in [0.15, 0.2) is 0 Å². The summed E-state index contributed by atoms with van der Waals surface area (Å²) in [6.45, 7) is 1.99. The molecule has 2 aromatic carbocycles. The van der Waals surface area contributed by atoms with E-state index in [0.29, 0.717) is 17.0 Å². The standard InChI is InChI=1S/C24H23FN2O3S/c1-2-30-24(29)21(14-16-8-4-3-5-9-16)27(17-12-13-17)23(28)20-15-31-22(26-20)18-10-6-7-11-19(18)25/h3-11,15,17,21H,2,12-14H2,1H3. The van der Waals surface area contributed by atoms with Gasteiger partial charge in [-0.05, 0) is 37.5 Å². The Morgan fingerprint density at radius 3 is 2.55 bits per heavy atom. The van der Waals surface area contributed by atoms with Crippen molar-refractivity contribution in [3.63, 3.8) is 0 Å². The van der Waals surface area contributed by atoms with Crippen LogP contribution in [0.1, 0.15) is 35.8 Å². The summed E-state index contributed by atoms with van der Waals surface area (Å²) in [5.74, 6) is -1.13. The molecule has 3 aromatic rings. The normalized spacial score (nSPS) is 14.1. The summed E-state index contributed by atoms with van der Waals surface area (Å²) in [7, 11) is 0. The van der Waals surface area contributed by atoms with Crippen molar-refractivity contribution in [1.82, 2.24) is 9.88 Å². The van der Waals surface area contributed by atoms with Crippen molar-refractivity contribution in [3.8, 4) is 10.6 Å². The number of benzene rings is 2. The minimum absolute atomic E-state index is 0.0239. The average molecular weight is 439 g/mol. The van der Waals surface area contributed by atoms with E-state index in [1.165, 1.54) is 17.4 Å². The average Bonchev–Trinajstić information content (AvgIpc) is 3.49. The molecule has 1 aliphatic rings. The Morgan fingerprint density at radius 1 is 1.16 bits per heavy atom. The molecule has 1 heterocycles. The fraction of sp³-hybridized carbons (Fsp3) is 0.292. The second-order valence-electron chi connectivity index (χ2n) is 7.42. The summed E-state index contributed by atoms with van der Waals surface area (Å²) in [6.07, 6.45) is 2.04. The Hall–Kier alpha value is -3.06. The zero-order valence-corrected chi connectivity index (χ0v) is 18.0. The molecule has 0 saturated heterocycles. The smallest absolute Gasteiger partial charge is 0.329 e. The van der Waals surface area contributed by atoms with Gasteiger partial charge < -0.3 is 9.64 Å². The zero-order chi connectivity index (χ0) is 21.8. The highest BCUT2D eigenvalue weighted by molar-refractivity contribution is 7.13. The van der Waals surface area contributed by atoms with Crippen LogP contribution in [0.4, 0.5) is 4.39 Å². The fourth-order valence-corrected chi connectivity index (χ4v) is 4.37. The summed E-state index contributed by atoms with van der Waals surface area (Å²) in [6, 6.07) is 15.2. The number of carbonyl (C=O) groups excluding carboxylic acids is 2. The second kappa shape index (κ2) is 9.39. The third kappa shape index (κ3) is 4.82. The molecule has 0 N–H and O–H groups in total. The molecule has 0 spiro atoms. The lowest BCUT2D eigenvalue weighted by atomic mass is 10.0. The van der Waals surface area contributed by atoms with Gasteiger partial charge in [0.1, 0.15) is 22.6 Å². The molecule has 0 radical (unpaired) electrons. The van der Waals surface area contributed by atoms with Crippen LogP contribution in [-0.4, -0.2) is 40.5 Å². The minimum atomic E-state index is -0.735. The van der Waals surface area contributed by atoms with E-state index in [-0.39, 0.29) is 30.1 Å². The number of carbonyl (C=O) groups is 2. The van der Waals surface area contributed by atoms with Gasteiger partial charge in [0.05, 0.1) is 6.61 Å². The van der Waals surface area contributed by atoms with Gasteiger partial charge in [-0.1, -0.05) is 42.5 Å². The van der Waals surface area contributed by atoms with Gasteiger partial charge in [0, 0.05) is 23.4 Å². The van der Waals surface area contributed by atoms with Crippen LogP contribution in [0.2, 0.25) is 0 Å². The topological polar surface area (TPSA) is 59.5 Å². The lowest BCUT2D eigenvalue weighted by Gasteiger charge is -2.30. The maximum Gasteiger partial charge on any atom is 0.329 e. The first-order chi connectivity index (χ1) is 15.1. The lowest BCUT2D eigenvalue weighted by molar-refractivity contribution is -0.148. The van der Waals surface area contributed by atoms with Crippen LogP contribution in [0.15, 0.2) is 60.0 Å². The van der Waals surface area contributed by atoms with Crippen molar-refractivity contribution >= 4 is 23.2 Å². The quantitative estimate of drug-likeness (QED) is 0.477. The molecule has 1 amide bonds. The molecule has 1 aliphatic carbocycles. The second-order valence-corrected chi connectivity index (χ2v) is 8.28. The van der Waals surface area contributed by atoms with Crippen LogP contribution in [-0.2, 0) is 16.0 Å². The van der Waals surface area contributed by atoms with Crippen LogP contribution >= 0.6 is 11.3 Å². The molecular weight excluding hydrogens is 415 g/mol. The van der Waals surface area contributed by atoms with Gasteiger partial charge in [-0.2, -0.15) is 0 Å². The third-order valence-electron chi connectivity index (χ3n) is 5.17. The molecule has 4 rings (SSSR count). The minimum Gasteiger partial charge on any atom is -0.464 e. The third-order valence-corrected chi connectivity index (χ3v) is 6.04. The summed E-state index contributed by atoms with van der Waals surface area (Å²) < 4.78 is 19.5. The molecule has 1 unspecified atom stereocenters. The van der Waals surface area contributed by atoms with Crippen LogP contribution in [0.25, 0.3) is 10.6 Å². The number of amides is 1. The Bertz CT molecular complexity index is 1070. The van der Waals surface area contributed by atoms with Crippen LogP contribution in [0, 0.1) is 5.82 Å². The number of esters is 1. The monoisotopic (exact) mass is 438 g/mol. The number of hydrogen-bond donors (Lipinski definition) is 0. The highest BCUT2D eigenvalue weighted by Gasteiger charge is 2.42. The highest BCUT2D eigenvalue weighted by Crippen LogP contribution is 2.33. The molecule has 31 heavy (non-hydrogen) atoms. The van der Waals surface area contributed by atoms with Gasteiger partial charge in [-0.15, -0.1) is 11.3 Å². The largest absolute Gasteiger partial charge is 0.464 e. The van der Waals surface area contributed by atoms with Crippen LogP contribution in [0.5, 0.6) is 0 Å². The molecule has 7 heteroatoms. The van der Waals surface area contributed by atoms with Gasteiger partial charge >= 0.3 is 5.97 Å². The number of aromatic nitrogens is 1. The summed E-state index contributed by atoms with van der Waals surface area (Å²) in [4.78, 5) is 32.3. The summed E-state index contributed by atoms with van der Waals surface area (Å²) >= 11 is 1.21. The number of thiazole rings is 1. The molecular formula is C24H23FN2O3S. The lowest BCUT2D eigenvalue weighted by Crippen LogP contribution is -2.48. The van der Waals surface area contributed by atoms with E-state index < -0.39 is 12.0 Å². The van der Waals surface area contributed by atoms with Crippen LogP contribution < -0.4 is 0 Å². The van der Waals surface area contributed by atoms with E-state index in [1.807, 2.05) is 30.3 Å². The Kier molecular flexibility index (Phi) is 6.42. The molecule has 1 saturated carbocycles. The van der Waals surface area contributed by atoms with Crippen molar-refractivity contribution in [1.29, 1.82) is 0 Å². The maximum absolute atomic E-state index is 14.2. The first-order valence-corrected chi connectivity index (χ1v) is 11.2. The van der Waals surface area contributed by atoms with Crippen molar-refractivity contribution in [2.45, 2.75) is 38.3 Å². The zero-order valence-electron chi connectivity index (χ0n) is 17.2. The van der Waals surface area contributed by atoms with Crippen molar-refractivity contribution < 1.29 is 18.7 Å². The van der Waals surface area contributed by atoms with Crippen LogP contribution in [0.3, 0.4) is 0 Å². The Labute approximate surface area is 184 Å². The fourth-order valence-electron chi connectivity index (χ4n) is 3.55. The Balaban J connectivity index is 1.64. The van der Waals surface area contributed by atoms with E-state index in [2.05, 4.69) is 4.98 Å². The van der Waals surface area contributed by atoms with Crippen molar-refractivity contribution in [2.24, 2.45) is 0 Å². The van der Waals surface area contributed by atoms with Gasteiger partial charge in [0.25, 0.3) is 5.91 Å².